The van der Waals surface area contributed by atoms with Gasteiger partial charge in [-0.3, -0.25) is 9.59 Å². The minimum atomic E-state index is -0.710. The van der Waals surface area contributed by atoms with Crippen molar-refractivity contribution in [3.05, 3.63) is 54.1 Å². The average Bonchev–Trinajstić information content (AvgIpc) is 3.44. The number of benzene rings is 2. The number of Topliss-reactive ketones (excluding diaryl/α,β-unsaturated/α-hetero) is 1. The Morgan fingerprint density at radius 2 is 1.93 bits per heavy atom. The molecule has 0 radical (unpaired) electrons. The maximum Gasteiger partial charge on any atom is 0.265 e. The van der Waals surface area contributed by atoms with E-state index in [1.165, 1.54) is 6.92 Å². The summed E-state index contributed by atoms with van der Waals surface area (Å²) in [4.78, 5) is 23.9. The molecule has 1 saturated carbocycles. The van der Waals surface area contributed by atoms with E-state index in [1.54, 1.807) is 37.3 Å². The molecule has 148 valence electrons. The molecule has 0 spiro atoms. The molecule has 1 atom stereocenters. The van der Waals surface area contributed by atoms with Gasteiger partial charge in [-0.15, -0.1) is 5.10 Å². The molecule has 1 fully saturated rings. The van der Waals surface area contributed by atoms with Crippen molar-refractivity contribution in [3.8, 4) is 17.1 Å². The van der Waals surface area contributed by atoms with E-state index in [0.29, 0.717) is 28.9 Å². The van der Waals surface area contributed by atoms with Crippen LogP contribution in [0.3, 0.4) is 0 Å². The van der Waals surface area contributed by atoms with Gasteiger partial charge in [0.15, 0.2) is 17.7 Å². The highest BCUT2D eigenvalue weighted by Crippen LogP contribution is 2.36. The summed E-state index contributed by atoms with van der Waals surface area (Å²) in [5, 5.41) is 14.8. The monoisotopic (exact) mass is 391 g/mol. The Balaban J connectivity index is 1.42. The number of carbonyl (C=O) groups is 2. The number of hydrogen-bond donors (Lipinski definition) is 1. The molecule has 0 bridgehead atoms. The molecule has 1 aliphatic rings. The molecule has 29 heavy (non-hydrogen) atoms. The quantitative estimate of drug-likeness (QED) is 0.621. The number of amides is 1. The van der Waals surface area contributed by atoms with E-state index in [2.05, 4.69) is 20.8 Å². The van der Waals surface area contributed by atoms with Crippen molar-refractivity contribution >= 4 is 17.4 Å². The van der Waals surface area contributed by atoms with Crippen molar-refractivity contribution in [1.82, 2.24) is 20.2 Å². The standard InChI is InChI=1S/C21H21N5O3/c1-13(27)15-6-10-19(11-7-15)29-14(2)21(28)22-17-5-3-4-16(12-17)20-23-24-25-26(20)18-8-9-18/h3-7,10-12,14,18H,8-9H2,1-2H3,(H,22,28)/t14-/m1/s1. The molecule has 1 N–H and O–H groups in total. The Morgan fingerprint density at radius 1 is 1.17 bits per heavy atom. The fourth-order valence-electron chi connectivity index (χ4n) is 2.95. The first-order valence-corrected chi connectivity index (χ1v) is 9.48. The Kier molecular flexibility index (Phi) is 5.07. The first-order chi connectivity index (χ1) is 14.0. The second-order valence-electron chi connectivity index (χ2n) is 7.09. The van der Waals surface area contributed by atoms with Crippen molar-refractivity contribution < 1.29 is 14.3 Å². The highest BCUT2D eigenvalue weighted by molar-refractivity contribution is 5.95. The number of ether oxygens (including phenoxy) is 1. The van der Waals surface area contributed by atoms with Gasteiger partial charge in [-0.1, -0.05) is 12.1 Å². The Morgan fingerprint density at radius 3 is 2.62 bits per heavy atom. The molecule has 3 aromatic rings. The Hall–Kier alpha value is -3.55. The molecular weight excluding hydrogens is 370 g/mol. The molecule has 1 amide bonds. The van der Waals surface area contributed by atoms with E-state index in [-0.39, 0.29) is 11.7 Å². The van der Waals surface area contributed by atoms with Gasteiger partial charge in [0.05, 0.1) is 6.04 Å². The third kappa shape index (κ3) is 4.31. The number of rotatable bonds is 7. The summed E-state index contributed by atoms with van der Waals surface area (Å²) in [6, 6.07) is 14.5. The topological polar surface area (TPSA) is 99.0 Å². The van der Waals surface area contributed by atoms with Gasteiger partial charge in [-0.25, -0.2) is 4.68 Å². The van der Waals surface area contributed by atoms with Gasteiger partial charge in [-0.05, 0) is 73.5 Å². The number of ketones is 1. The van der Waals surface area contributed by atoms with Crippen LogP contribution in [0.25, 0.3) is 11.4 Å². The summed E-state index contributed by atoms with van der Waals surface area (Å²) in [7, 11) is 0. The number of anilines is 1. The van der Waals surface area contributed by atoms with Crippen molar-refractivity contribution in [1.29, 1.82) is 0 Å². The molecule has 0 saturated heterocycles. The zero-order valence-corrected chi connectivity index (χ0v) is 16.2. The lowest BCUT2D eigenvalue weighted by molar-refractivity contribution is -0.122. The molecule has 1 aromatic heterocycles. The summed E-state index contributed by atoms with van der Waals surface area (Å²) in [6.45, 7) is 3.18. The van der Waals surface area contributed by atoms with Gasteiger partial charge in [0.1, 0.15) is 5.75 Å². The maximum absolute atomic E-state index is 12.5. The van der Waals surface area contributed by atoms with Gasteiger partial charge < -0.3 is 10.1 Å². The zero-order valence-electron chi connectivity index (χ0n) is 16.2. The summed E-state index contributed by atoms with van der Waals surface area (Å²) >= 11 is 0. The molecule has 1 aliphatic carbocycles. The summed E-state index contributed by atoms with van der Waals surface area (Å²) in [5.74, 6) is 0.919. The normalized spacial score (nSPS) is 14.3. The van der Waals surface area contributed by atoms with Crippen LogP contribution in [0, 0.1) is 0 Å². The van der Waals surface area contributed by atoms with Gasteiger partial charge in [0.2, 0.25) is 0 Å². The summed E-state index contributed by atoms with van der Waals surface area (Å²) < 4.78 is 7.52. The van der Waals surface area contributed by atoms with Crippen LogP contribution in [-0.2, 0) is 4.79 Å². The summed E-state index contributed by atoms with van der Waals surface area (Å²) in [6.07, 6.45) is 1.45. The van der Waals surface area contributed by atoms with Gasteiger partial charge in [-0.2, -0.15) is 0 Å². The van der Waals surface area contributed by atoms with Crippen LogP contribution in [0.5, 0.6) is 5.75 Å². The predicted octanol–water partition coefficient (Wildman–Crippen LogP) is 3.28. The fourth-order valence-corrected chi connectivity index (χ4v) is 2.95. The van der Waals surface area contributed by atoms with Crippen LogP contribution in [-0.4, -0.2) is 38.0 Å². The Labute approximate surface area is 167 Å². The lowest BCUT2D eigenvalue weighted by Crippen LogP contribution is -2.30. The Bertz CT molecular complexity index is 1040. The van der Waals surface area contributed by atoms with Gasteiger partial charge in [0.25, 0.3) is 5.91 Å². The third-order valence-electron chi connectivity index (χ3n) is 4.72. The maximum atomic E-state index is 12.5. The molecule has 0 unspecified atom stereocenters. The average molecular weight is 391 g/mol. The van der Waals surface area contributed by atoms with Crippen molar-refractivity contribution in [2.45, 2.75) is 38.8 Å². The number of carbonyl (C=O) groups excluding carboxylic acids is 2. The van der Waals surface area contributed by atoms with Crippen LogP contribution < -0.4 is 10.1 Å². The van der Waals surface area contributed by atoms with Crippen LogP contribution in [0.2, 0.25) is 0 Å². The van der Waals surface area contributed by atoms with Gasteiger partial charge >= 0.3 is 0 Å². The lowest BCUT2D eigenvalue weighted by atomic mass is 10.1. The van der Waals surface area contributed by atoms with Crippen molar-refractivity contribution in [2.24, 2.45) is 0 Å². The number of nitrogens with one attached hydrogen (secondary N) is 1. The van der Waals surface area contributed by atoms with Crippen LogP contribution in [0.15, 0.2) is 48.5 Å². The number of nitrogens with zero attached hydrogens (tertiary/aromatic N) is 4. The van der Waals surface area contributed by atoms with Crippen molar-refractivity contribution in [2.75, 3.05) is 5.32 Å². The second-order valence-corrected chi connectivity index (χ2v) is 7.09. The highest BCUT2D eigenvalue weighted by atomic mass is 16.5. The fraction of sp³-hybridized carbons (Fsp3) is 0.286. The van der Waals surface area contributed by atoms with Crippen LogP contribution >= 0.6 is 0 Å². The van der Waals surface area contributed by atoms with E-state index in [0.717, 1.165) is 18.4 Å². The first kappa shape index (κ1) is 18.8. The second kappa shape index (κ2) is 7.83. The number of tetrazole rings is 1. The third-order valence-corrected chi connectivity index (χ3v) is 4.72. The van der Waals surface area contributed by atoms with E-state index < -0.39 is 6.10 Å². The van der Waals surface area contributed by atoms with Crippen molar-refractivity contribution in [3.63, 3.8) is 0 Å². The smallest absolute Gasteiger partial charge is 0.265 e. The van der Waals surface area contributed by atoms with E-state index in [1.807, 2.05) is 22.9 Å². The number of hydrogen-bond acceptors (Lipinski definition) is 6. The van der Waals surface area contributed by atoms with E-state index in [4.69, 9.17) is 4.74 Å². The van der Waals surface area contributed by atoms with E-state index in [9.17, 15) is 9.59 Å². The minimum absolute atomic E-state index is 0.0186. The van der Waals surface area contributed by atoms with Gasteiger partial charge in [0, 0.05) is 16.8 Å². The largest absolute Gasteiger partial charge is 0.481 e. The molecule has 8 heteroatoms. The van der Waals surface area contributed by atoms with Crippen LogP contribution in [0.1, 0.15) is 43.1 Å². The minimum Gasteiger partial charge on any atom is -0.481 e. The van der Waals surface area contributed by atoms with Crippen LogP contribution in [0.4, 0.5) is 5.69 Å². The highest BCUT2D eigenvalue weighted by Gasteiger charge is 2.28. The lowest BCUT2D eigenvalue weighted by Gasteiger charge is -2.15. The molecule has 8 nitrogen and oxygen atoms in total. The predicted molar refractivity (Wildman–Crippen MR) is 107 cm³/mol. The first-order valence-electron chi connectivity index (χ1n) is 9.48. The molecule has 1 heterocycles. The zero-order chi connectivity index (χ0) is 20.4. The number of aromatic nitrogens is 4. The molecule has 0 aliphatic heterocycles. The molecular formula is C21H21N5O3. The SMILES string of the molecule is CC(=O)c1ccc(O[C@H](C)C(=O)Nc2cccc(-c3nnnn3C3CC3)c2)cc1. The molecule has 2 aromatic carbocycles. The molecule has 4 rings (SSSR count). The summed E-state index contributed by atoms with van der Waals surface area (Å²) in [5.41, 5.74) is 2.08. The van der Waals surface area contributed by atoms with E-state index >= 15 is 0 Å².